The second kappa shape index (κ2) is 9.63. The van der Waals surface area contributed by atoms with Crippen LogP contribution in [-0.4, -0.2) is 43.8 Å². The van der Waals surface area contributed by atoms with E-state index in [-0.39, 0.29) is 12.6 Å². The molecule has 0 bridgehead atoms. The molecular formula is C24H27ClN4O3. The summed E-state index contributed by atoms with van der Waals surface area (Å²) in [4.78, 5) is 19.4. The molecule has 3 N–H and O–H groups in total. The molecule has 0 amide bonds. The Morgan fingerprint density at radius 1 is 1.25 bits per heavy atom. The number of fused-ring (bicyclic) bond motifs is 1. The number of pyridine rings is 1. The zero-order valence-corrected chi connectivity index (χ0v) is 19.0. The maximum atomic E-state index is 12.6. The van der Waals surface area contributed by atoms with Crippen LogP contribution in [0.2, 0.25) is 5.02 Å². The van der Waals surface area contributed by atoms with Crippen molar-refractivity contribution >= 4 is 45.5 Å². The Morgan fingerprint density at radius 2 is 2.03 bits per heavy atom. The van der Waals surface area contributed by atoms with Gasteiger partial charge in [0.2, 0.25) is 0 Å². The Kier molecular flexibility index (Phi) is 6.67. The SMILES string of the molecule is CCOC(=O)c1cnc2ccc(Cl)cc2c1Nc1ccc(N2CCC(N)CC2)cc1OC. The van der Waals surface area contributed by atoms with Crippen molar-refractivity contribution in [3.63, 3.8) is 0 Å². The van der Waals surface area contributed by atoms with Crippen LogP contribution in [0.1, 0.15) is 30.1 Å². The normalized spacial score (nSPS) is 14.4. The third-order valence-electron chi connectivity index (χ3n) is 5.67. The van der Waals surface area contributed by atoms with Crippen LogP contribution in [0, 0.1) is 0 Å². The maximum Gasteiger partial charge on any atom is 0.341 e. The molecule has 0 saturated carbocycles. The fourth-order valence-electron chi connectivity index (χ4n) is 3.94. The molecule has 3 aromatic rings. The minimum absolute atomic E-state index is 0.266. The van der Waals surface area contributed by atoms with E-state index in [1.165, 1.54) is 6.20 Å². The summed E-state index contributed by atoms with van der Waals surface area (Å²) >= 11 is 6.25. The Hall–Kier alpha value is -3.03. The van der Waals surface area contributed by atoms with Crippen LogP contribution in [0.5, 0.6) is 5.75 Å². The lowest BCUT2D eigenvalue weighted by molar-refractivity contribution is 0.0527. The summed E-state index contributed by atoms with van der Waals surface area (Å²) in [6.07, 6.45) is 3.46. The number of carbonyl (C=O) groups excluding carboxylic acids is 1. The smallest absolute Gasteiger partial charge is 0.341 e. The predicted octanol–water partition coefficient (Wildman–Crippen LogP) is 4.74. The number of halogens is 1. The van der Waals surface area contributed by atoms with Gasteiger partial charge in [0.1, 0.15) is 11.3 Å². The topological polar surface area (TPSA) is 89.7 Å². The molecule has 32 heavy (non-hydrogen) atoms. The molecule has 0 radical (unpaired) electrons. The molecule has 168 valence electrons. The van der Waals surface area contributed by atoms with E-state index in [2.05, 4.69) is 15.2 Å². The van der Waals surface area contributed by atoms with E-state index < -0.39 is 5.97 Å². The molecule has 1 aromatic heterocycles. The van der Waals surface area contributed by atoms with Gasteiger partial charge in [-0.3, -0.25) is 4.98 Å². The number of hydrogen-bond donors (Lipinski definition) is 2. The van der Waals surface area contributed by atoms with E-state index in [9.17, 15) is 4.79 Å². The highest BCUT2D eigenvalue weighted by atomic mass is 35.5. The molecule has 1 aliphatic heterocycles. The highest BCUT2D eigenvalue weighted by Crippen LogP contribution is 2.37. The molecule has 7 nitrogen and oxygen atoms in total. The number of ether oxygens (including phenoxy) is 2. The summed E-state index contributed by atoms with van der Waals surface area (Å²) in [6, 6.07) is 11.6. The van der Waals surface area contributed by atoms with Gasteiger partial charge in [-0.25, -0.2) is 4.79 Å². The Balaban J connectivity index is 1.74. The molecule has 0 spiro atoms. The molecule has 8 heteroatoms. The van der Waals surface area contributed by atoms with Gasteiger partial charge in [-0.2, -0.15) is 0 Å². The summed E-state index contributed by atoms with van der Waals surface area (Å²) in [5.41, 5.74) is 9.46. The largest absolute Gasteiger partial charge is 0.494 e. The van der Waals surface area contributed by atoms with E-state index >= 15 is 0 Å². The average molecular weight is 455 g/mol. The first-order valence-corrected chi connectivity index (χ1v) is 11.1. The lowest BCUT2D eigenvalue weighted by atomic mass is 10.1. The summed E-state index contributed by atoms with van der Waals surface area (Å²) in [5.74, 6) is 0.212. The number of benzene rings is 2. The predicted molar refractivity (Wildman–Crippen MR) is 128 cm³/mol. The van der Waals surface area contributed by atoms with Gasteiger partial charge in [0.15, 0.2) is 0 Å². The third-order valence-corrected chi connectivity index (χ3v) is 5.91. The van der Waals surface area contributed by atoms with Gasteiger partial charge in [-0.05, 0) is 50.1 Å². The lowest BCUT2D eigenvalue weighted by Crippen LogP contribution is -2.39. The lowest BCUT2D eigenvalue weighted by Gasteiger charge is -2.32. The van der Waals surface area contributed by atoms with Crippen LogP contribution in [0.3, 0.4) is 0 Å². The van der Waals surface area contributed by atoms with Crippen molar-refractivity contribution in [3.8, 4) is 5.75 Å². The van der Waals surface area contributed by atoms with Crippen molar-refractivity contribution in [2.45, 2.75) is 25.8 Å². The van der Waals surface area contributed by atoms with E-state index in [0.717, 1.165) is 42.7 Å². The van der Waals surface area contributed by atoms with E-state index in [4.69, 9.17) is 26.8 Å². The zero-order valence-electron chi connectivity index (χ0n) is 18.2. The summed E-state index contributed by atoms with van der Waals surface area (Å²) in [6.45, 7) is 3.87. The van der Waals surface area contributed by atoms with Crippen LogP contribution in [0.15, 0.2) is 42.6 Å². The molecule has 0 aliphatic carbocycles. The first-order chi connectivity index (χ1) is 15.5. The maximum absolute atomic E-state index is 12.6. The number of nitrogens with one attached hydrogen (secondary N) is 1. The standard InChI is InChI=1S/C24H27ClN4O3/c1-3-32-24(30)19-14-27-20-6-4-15(25)12-18(20)23(19)28-21-7-5-17(13-22(21)31-2)29-10-8-16(26)9-11-29/h4-7,12-14,16H,3,8-11,26H2,1-2H3,(H,27,28). The number of anilines is 3. The van der Waals surface area contributed by atoms with Crippen LogP contribution in [-0.2, 0) is 4.74 Å². The number of rotatable bonds is 6. The number of aromatic nitrogens is 1. The van der Waals surface area contributed by atoms with Crippen LogP contribution >= 0.6 is 11.6 Å². The van der Waals surface area contributed by atoms with Crippen molar-refractivity contribution in [2.24, 2.45) is 5.73 Å². The van der Waals surface area contributed by atoms with Crippen molar-refractivity contribution < 1.29 is 14.3 Å². The van der Waals surface area contributed by atoms with Crippen molar-refractivity contribution in [1.82, 2.24) is 4.98 Å². The van der Waals surface area contributed by atoms with Crippen LogP contribution < -0.4 is 20.7 Å². The van der Waals surface area contributed by atoms with E-state index in [0.29, 0.717) is 27.5 Å². The number of methoxy groups -OCH3 is 1. The Morgan fingerprint density at radius 3 is 2.75 bits per heavy atom. The molecule has 2 aromatic carbocycles. The summed E-state index contributed by atoms with van der Waals surface area (Å²) in [5, 5.41) is 4.65. The first kappa shape index (κ1) is 22.2. The van der Waals surface area contributed by atoms with Gasteiger partial charge >= 0.3 is 5.97 Å². The summed E-state index contributed by atoms with van der Waals surface area (Å²) in [7, 11) is 1.63. The number of nitrogens with zero attached hydrogens (tertiary/aromatic N) is 2. The Bertz CT molecular complexity index is 1130. The van der Waals surface area contributed by atoms with Gasteiger partial charge in [-0.15, -0.1) is 0 Å². The van der Waals surface area contributed by atoms with Crippen molar-refractivity contribution in [3.05, 3.63) is 53.2 Å². The van der Waals surface area contributed by atoms with Crippen molar-refractivity contribution in [1.29, 1.82) is 0 Å². The second-order valence-electron chi connectivity index (χ2n) is 7.76. The molecule has 2 heterocycles. The number of hydrogen-bond acceptors (Lipinski definition) is 7. The van der Waals surface area contributed by atoms with Gasteiger partial charge in [-0.1, -0.05) is 11.6 Å². The second-order valence-corrected chi connectivity index (χ2v) is 8.20. The molecule has 0 unspecified atom stereocenters. The minimum atomic E-state index is -0.454. The van der Waals surface area contributed by atoms with Gasteiger partial charge in [0, 0.05) is 47.5 Å². The van der Waals surface area contributed by atoms with Gasteiger partial charge in [0.05, 0.1) is 30.6 Å². The monoisotopic (exact) mass is 454 g/mol. The molecule has 1 aliphatic rings. The molecule has 4 rings (SSSR count). The molecule has 0 atom stereocenters. The number of nitrogens with two attached hydrogens (primary N) is 1. The molecule has 1 fully saturated rings. The Labute approximate surface area is 192 Å². The number of piperidine rings is 1. The fourth-order valence-corrected chi connectivity index (χ4v) is 4.11. The summed E-state index contributed by atoms with van der Waals surface area (Å²) < 4.78 is 10.9. The quantitative estimate of drug-likeness (QED) is 0.519. The third kappa shape index (κ3) is 4.59. The highest BCUT2D eigenvalue weighted by molar-refractivity contribution is 6.31. The van der Waals surface area contributed by atoms with Crippen molar-refractivity contribution in [2.75, 3.05) is 37.0 Å². The average Bonchev–Trinajstić information content (AvgIpc) is 2.80. The zero-order chi connectivity index (χ0) is 22.7. The van der Waals surface area contributed by atoms with E-state index in [1.54, 1.807) is 26.2 Å². The van der Waals surface area contributed by atoms with Crippen LogP contribution in [0.4, 0.5) is 17.1 Å². The highest BCUT2D eigenvalue weighted by Gasteiger charge is 2.20. The molecule has 1 saturated heterocycles. The first-order valence-electron chi connectivity index (χ1n) is 10.7. The molecular weight excluding hydrogens is 428 g/mol. The van der Waals surface area contributed by atoms with E-state index in [1.807, 2.05) is 24.3 Å². The van der Waals surface area contributed by atoms with Gasteiger partial charge in [0.25, 0.3) is 0 Å². The fraction of sp³-hybridized carbons (Fsp3) is 0.333. The number of esters is 1. The van der Waals surface area contributed by atoms with Crippen LogP contribution in [0.25, 0.3) is 10.9 Å². The number of carbonyl (C=O) groups is 1. The van der Waals surface area contributed by atoms with Gasteiger partial charge < -0.3 is 25.4 Å². The minimum Gasteiger partial charge on any atom is -0.494 e.